The van der Waals surface area contributed by atoms with Gasteiger partial charge in [0.25, 0.3) is 0 Å². The van der Waals surface area contributed by atoms with Crippen molar-refractivity contribution >= 4 is 17.9 Å². The van der Waals surface area contributed by atoms with Gasteiger partial charge in [-0.1, -0.05) is 207 Å². The number of ether oxygens (including phenoxy) is 1. The molecule has 0 amide bonds. The van der Waals surface area contributed by atoms with E-state index in [4.69, 9.17) is 14.9 Å². The van der Waals surface area contributed by atoms with Gasteiger partial charge >= 0.3 is 17.9 Å². The Morgan fingerprint density at radius 3 is 0.961 bits per heavy atom. The Balaban J connectivity index is -0.000000821. The van der Waals surface area contributed by atoms with Crippen molar-refractivity contribution in [1.29, 1.82) is 0 Å². The zero-order valence-corrected chi connectivity index (χ0v) is 34.7. The molecule has 0 heterocycles. The fourth-order valence-electron chi connectivity index (χ4n) is 6.14. The van der Waals surface area contributed by atoms with Gasteiger partial charge in [-0.05, 0) is 33.1 Å². The summed E-state index contributed by atoms with van der Waals surface area (Å²) in [6, 6.07) is 0. The van der Waals surface area contributed by atoms with Crippen LogP contribution in [0.5, 0.6) is 0 Å². The maximum Gasteiger partial charge on any atom is 0.332 e. The predicted octanol–water partition coefficient (Wildman–Crippen LogP) is 13.6. The van der Waals surface area contributed by atoms with Crippen LogP contribution >= 0.6 is 0 Å². The molecule has 0 fully saturated rings. The number of hydrogen-bond acceptors (Lipinski definition) is 5. The second-order valence-corrected chi connectivity index (χ2v) is 14.7. The van der Waals surface area contributed by atoms with E-state index in [0.29, 0.717) is 13.0 Å². The normalized spacial score (nSPS) is 11.9. The van der Waals surface area contributed by atoms with Crippen LogP contribution in [0.25, 0.3) is 0 Å². The molecule has 0 bridgehead atoms. The van der Waals surface area contributed by atoms with Crippen molar-refractivity contribution in [2.45, 2.75) is 253 Å². The number of carboxylic acid groups (broad SMARTS) is 2. The van der Waals surface area contributed by atoms with Gasteiger partial charge in [-0.2, -0.15) is 0 Å². The molecule has 2 unspecified atom stereocenters. The van der Waals surface area contributed by atoms with Crippen LogP contribution in [0.4, 0.5) is 0 Å². The fourth-order valence-corrected chi connectivity index (χ4v) is 6.14. The molecule has 7 heteroatoms. The maximum absolute atomic E-state index is 11.3. The number of esters is 1. The third-order valence-electron chi connectivity index (χ3n) is 9.56. The number of aliphatic carboxylic acids is 2. The highest BCUT2D eigenvalue weighted by atomic mass is 16.5. The van der Waals surface area contributed by atoms with E-state index in [0.717, 1.165) is 32.1 Å². The first-order valence-corrected chi connectivity index (χ1v) is 22.0. The number of aliphatic hydroxyl groups excluding tert-OH is 1. The van der Waals surface area contributed by atoms with Gasteiger partial charge in [-0.25, -0.2) is 4.79 Å². The molecule has 0 rings (SSSR count). The van der Waals surface area contributed by atoms with Gasteiger partial charge in [0.1, 0.15) is 6.10 Å². The SMILES string of the molecule is CC(O)C(=O)O.CCCCCCCCCCCCCC(=O)OCC.CCCCCCCCCCCCCCCCCCC(CCCCC)C(=O)O. The lowest BCUT2D eigenvalue weighted by Crippen LogP contribution is -2.13. The molecule has 2 atom stereocenters. The number of carbonyl (C=O) groups excluding carboxylic acids is 1. The molecule has 0 spiro atoms. The Morgan fingerprint density at radius 2 is 0.686 bits per heavy atom. The molecular formula is C44H88O7. The van der Waals surface area contributed by atoms with Crippen LogP contribution in [-0.2, 0) is 19.1 Å². The largest absolute Gasteiger partial charge is 0.481 e. The molecule has 51 heavy (non-hydrogen) atoms. The van der Waals surface area contributed by atoms with Crippen LogP contribution in [0.15, 0.2) is 0 Å². The number of carbonyl (C=O) groups is 3. The summed E-state index contributed by atoms with van der Waals surface area (Å²) in [5.41, 5.74) is 0. The monoisotopic (exact) mass is 729 g/mol. The lowest BCUT2D eigenvalue weighted by molar-refractivity contribution is -0.145. The summed E-state index contributed by atoms with van der Waals surface area (Å²) < 4.78 is 4.89. The number of hydrogen-bond donors (Lipinski definition) is 3. The first-order valence-electron chi connectivity index (χ1n) is 22.0. The molecule has 7 nitrogen and oxygen atoms in total. The number of unbranched alkanes of at least 4 members (excludes halogenated alkanes) is 27. The van der Waals surface area contributed by atoms with E-state index in [1.54, 1.807) is 0 Å². The Labute approximate surface area is 316 Å². The van der Waals surface area contributed by atoms with E-state index in [-0.39, 0.29) is 11.9 Å². The second-order valence-electron chi connectivity index (χ2n) is 14.7. The van der Waals surface area contributed by atoms with Crippen LogP contribution in [0.2, 0.25) is 0 Å². The lowest BCUT2D eigenvalue weighted by atomic mass is 9.94. The summed E-state index contributed by atoms with van der Waals surface area (Å²) in [7, 11) is 0. The quantitative estimate of drug-likeness (QED) is 0.0433. The van der Waals surface area contributed by atoms with Gasteiger partial charge in [0.15, 0.2) is 0 Å². The summed E-state index contributed by atoms with van der Waals surface area (Å²) in [6.45, 7) is 10.3. The Hall–Kier alpha value is -1.63. The van der Waals surface area contributed by atoms with E-state index < -0.39 is 18.0 Å². The highest BCUT2D eigenvalue weighted by Gasteiger charge is 2.16. The van der Waals surface area contributed by atoms with Crippen LogP contribution in [-0.4, -0.2) is 45.9 Å². The van der Waals surface area contributed by atoms with Crippen molar-refractivity contribution in [2.24, 2.45) is 5.92 Å². The molecule has 0 aliphatic heterocycles. The minimum Gasteiger partial charge on any atom is -0.481 e. The van der Waals surface area contributed by atoms with Gasteiger partial charge in [0.2, 0.25) is 0 Å². The summed E-state index contributed by atoms with van der Waals surface area (Å²) in [4.78, 5) is 31.8. The van der Waals surface area contributed by atoms with Gasteiger partial charge in [-0.15, -0.1) is 0 Å². The van der Waals surface area contributed by atoms with Gasteiger partial charge < -0.3 is 20.1 Å². The van der Waals surface area contributed by atoms with E-state index in [2.05, 4.69) is 20.8 Å². The van der Waals surface area contributed by atoms with E-state index >= 15 is 0 Å². The van der Waals surface area contributed by atoms with Gasteiger partial charge in [-0.3, -0.25) is 9.59 Å². The molecule has 0 aromatic heterocycles. The average molecular weight is 729 g/mol. The molecular weight excluding hydrogens is 640 g/mol. The van der Waals surface area contributed by atoms with Crippen molar-refractivity contribution in [2.75, 3.05) is 6.61 Å². The molecule has 0 aromatic rings. The smallest absolute Gasteiger partial charge is 0.332 e. The minimum atomic E-state index is -1.23. The third kappa shape index (κ3) is 50.5. The summed E-state index contributed by atoms with van der Waals surface area (Å²) in [6.07, 6.45) is 41.0. The van der Waals surface area contributed by atoms with Crippen molar-refractivity contribution in [3.8, 4) is 0 Å². The summed E-state index contributed by atoms with van der Waals surface area (Å²) >= 11 is 0. The lowest BCUT2D eigenvalue weighted by Gasteiger charge is -2.11. The zero-order chi connectivity index (χ0) is 38.6. The van der Waals surface area contributed by atoms with E-state index in [1.807, 2.05) is 6.92 Å². The highest BCUT2D eigenvalue weighted by Crippen LogP contribution is 2.19. The molecule has 0 saturated heterocycles. The number of rotatable bonds is 36. The minimum absolute atomic E-state index is 0.0339. The standard InChI is InChI=1S/C25H50O2.C16H32O2.C3H6O3/c1-3-5-7-8-9-10-11-12-13-14-15-16-17-18-19-21-23-24(25(26)27)22-20-6-4-2;1-3-5-6-7-8-9-10-11-12-13-14-15-16(17)18-4-2;1-2(4)3(5)6/h24H,3-23H2,1-2H3,(H,26,27);3-15H2,1-2H3;2,4H,1H3,(H,5,6). The Kier molecular flexibility index (Phi) is 48.9. The van der Waals surface area contributed by atoms with E-state index in [1.165, 1.54) is 180 Å². The molecule has 3 N–H and O–H groups in total. The average Bonchev–Trinajstić information content (AvgIpc) is 3.10. The summed E-state index contributed by atoms with van der Waals surface area (Å²) in [5, 5.41) is 25.1. The third-order valence-corrected chi connectivity index (χ3v) is 9.56. The molecule has 306 valence electrons. The fraction of sp³-hybridized carbons (Fsp3) is 0.932. The topological polar surface area (TPSA) is 121 Å². The Bertz CT molecular complexity index is 710. The maximum atomic E-state index is 11.3. The van der Waals surface area contributed by atoms with Crippen molar-refractivity contribution < 1.29 is 34.4 Å². The number of aliphatic hydroxyl groups is 1. The van der Waals surface area contributed by atoms with Crippen molar-refractivity contribution in [1.82, 2.24) is 0 Å². The molecule has 0 aliphatic carbocycles. The van der Waals surface area contributed by atoms with E-state index in [9.17, 15) is 19.5 Å². The molecule has 0 saturated carbocycles. The Morgan fingerprint density at radius 1 is 0.431 bits per heavy atom. The van der Waals surface area contributed by atoms with Crippen molar-refractivity contribution in [3.63, 3.8) is 0 Å². The highest BCUT2D eigenvalue weighted by molar-refractivity contribution is 5.71. The first-order chi connectivity index (χ1) is 24.7. The molecule has 0 aliphatic rings. The van der Waals surface area contributed by atoms with Crippen molar-refractivity contribution in [3.05, 3.63) is 0 Å². The number of carboxylic acids is 2. The van der Waals surface area contributed by atoms with Crippen LogP contribution in [0.3, 0.4) is 0 Å². The first kappa shape index (κ1) is 53.7. The van der Waals surface area contributed by atoms with Gasteiger partial charge in [0, 0.05) is 6.42 Å². The molecule has 0 radical (unpaired) electrons. The zero-order valence-electron chi connectivity index (χ0n) is 34.7. The van der Waals surface area contributed by atoms with Crippen LogP contribution in [0, 0.1) is 5.92 Å². The van der Waals surface area contributed by atoms with Gasteiger partial charge in [0.05, 0.1) is 12.5 Å². The molecule has 0 aromatic carbocycles. The van der Waals surface area contributed by atoms with Crippen LogP contribution in [0.1, 0.15) is 247 Å². The predicted molar refractivity (Wildman–Crippen MR) is 216 cm³/mol. The second kappa shape index (κ2) is 46.4. The van der Waals surface area contributed by atoms with Crippen LogP contribution < -0.4 is 0 Å². The summed E-state index contributed by atoms with van der Waals surface area (Å²) in [5.74, 6) is -1.89.